The number of rotatable bonds is 4. The molecule has 0 radical (unpaired) electrons. The van der Waals surface area contributed by atoms with Crippen molar-refractivity contribution in [2.45, 2.75) is 32.4 Å². The summed E-state index contributed by atoms with van der Waals surface area (Å²) in [6.07, 6.45) is 4.21. The predicted molar refractivity (Wildman–Crippen MR) is 81.9 cm³/mol. The molecule has 0 amide bonds. The lowest BCUT2D eigenvalue weighted by Crippen LogP contribution is -2.25. The maximum absolute atomic E-state index is 4.65. The number of nitrogens with one attached hydrogen (secondary N) is 1. The number of likely N-dealkylation sites (tertiary alicyclic amines) is 1. The molecule has 1 aliphatic heterocycles. The number of nitrogens with zero attached hydrogens (tertiary/aromatic N) is 5. The Morgan fingerprint density at radius 1 is 1.38 bits per heavy atom. The van der Waals surface area contributed by atoms with Crippen LogP contribution in [0, 0.1) is 6.92 Å². The molecule has 0 saturated carbocycles. The van der Waals surface area contributed by atoms with Crippen molar-refractivity contribution < 1.29 is 0 Å². The van der Waals surface area contributed by atoms with E-state index >= 15 is 0 Å². The maximum atomic E-state index is 4.65. The van der Waals surface area contributed by atoms with E-state index in [4.69, 9.17) is 0 Å². The molecular formula is C15H22N6. The first-order valence-electron chi connectivity index (χ1n) is 7.41. The van der Waals surface area contributed by atoms with E-state index in [1.165, 1.54) is 12.1 Å². The average molecular weight is 286 g/mol. The molecule has 6 nitrogen and oxygen atoms in total. The van der Waals surface area contributed by atoms with Gasteiger partial charge in [-0.05, 0) is 32.4 Å². The average Bonchev–Trinajstić information content (AvgIpc) is 3.08. The van der Waals surface area contributed by atoms with Crippen molar-refractivity contribution in [3.05, 3.63) is 35.5 Å². The second-order valence-corrected chi connectivity index (χ2v) is 5.55. The van der Waals surface area contributed by atoms with E-state index in [1.54, 1.807) is 0 Å². The molecular weight excluding hydrogens is 264 g/mol. The lowest BCUT2D eigenvalue weighted by Gasteiger charge is -2.24. The Labute approximate surface area is 125 Å². The Morgan fingerprint density at radius 2 is 2.24 bits per heavy atom. The van der Waals surface area contributed by atoms with E-state index in [1.807, 2.05) is 31.9 Å². The highest BCUT2D eigenvalue weighted by atomic mass is 15.3. The Balaban J connectivity index is 1.83. The maximum Gasteiger partial charge on any atom is 0.129 e. The minimum Gasteiger partial charge on any atom is -0.373 e. The quantitative estimate of drug-likeness (QED) is 0.930. The van der Waals surface area contributed by atoms with Crippen LogP contribution in [0.2, 0.25) is 0 Å². The highest BCUT2D eigenvalue weighted by Crippen LogP contribution is 2.32. The summed E-state index contributed by atoms with van der Waals surface area (Å²) in [6.45, 7) is 3.97. The topological polar surface area (TPSA) is 58.9 Å². The SMILES string of the molecule is CNc1cc(C2CCCN2Cc2ccnn2C)nc(C)n1. The van der Waals surface area contributed by atoms with Crippen molar-refractivity contribution in [2.24, 2.45) is 7.05 Å². The third-order valence-corrected chi connectivity index (χ3v) is 4.11. The van der Waals surface area contributed by atoms with Crippen LogP contribution in [0.25, 0.3) is 0 Å². The first-order chi connectivity index (χ1) is 10.2. The normalized spacial score (nSPS) is 19.1. The summed E-state index contributed by atoms with van der Waals surface area (Å²) < 4.78 is 1.94. The molecule has 1 atom stereocenters. The van der Waals surface area contributed by atoms with Crippen LogP contribution in [0.3, 0.4) is 0 Å². The molecule has 21 heavy (non-hydrogen) atoms. The van der Waals surface area contributed by atoms with Crippen LogP contribution < -0.4 is 5.32 Å². The zero-order valence-corrected chi connectivity index (χ0v) is 12.9. The number of aryl methyl sites for hydroxylation is 2. The van der Waals surface area contributed by atoms with Gasteiger partial charge < -0.3 is 5.32 Å². The number of aromatic nitrogens is 4. The van der Waals surface area contributed by atoms with Gasteiger partial charge in [0.2, 0.25) is 0 Å². The Bertz CT molecular complexity index is 620. The largest absolute Gasteiger partial charge is 0.373 e. The van der Waals surface area contributed by atoms with Gasteiger partial charge in [-0.15, -0.1) is 0 Å². The summed E-state index contributed by atoms with van der Waals surface area (Å²) >= 11 is 0. The fourth-order valence-electron chi connectivity index (χ4n) is 3.00. The molecule has 0 bridgehead atoms. The van der Waals surface area contributed by atoms with Crippen LogP contribution in [0.1, 0.15) is 36.1 Å². The van der Waals surface area contributed by atoms with Crippen molar-refractivity contribution in [1.29, 1.82) is 0 Å². The minimum absolute atomic E-state index is 0.369. The third kappa shape index (κ3) is 2.90. The number of hydrogen-bond donors (Lipinski definition) is 1. The molecule has 112 valence electrons. The van der Waals surface area contributed by atoms with Gasteiger partial charge in [-0.2, -0.15) is 5.10 Å². The van der Waals surface area contributed by atoms with E-state index in [-0.39, 0.29) is 0 Å². The van der Waals surface area contributed by atoms with E-state index in [9.17, 15) is 0 Å². The summed E-state index contributed by atoms with van der Waals surface area (Å²) in [5, 5.41) is 7.37. The Hall–Kier alpha value is -1.95. The molecule has 1 unspecified atom stereocenters. The first kappa shape index (κ1) is 14.0. The molecule has 6 heteroatoms. The minimum atomic E-state index is 0.369. The molecule has 2 aromatic heterocycles. The molecule has 1 N–H and O–H groups in total. The number of hydrogen-bond acceptors (Lipinski definition) is 5. The summed E-state index contributed by atoms with van der Waals surface area (Å²) in [7, 11) is 3.89. The summed E-state index contributed by atoms with van der Waals surface area (Å²) in [4.78, 5) is 11.5. The second kappa shape index (κ2) is 5.81. The van der Waals surface area contributed by atoms with Gasteiger partial charge >= 0.3 is 0 Å². The van der Waals surface area contributed by atoms with Crippen LogP contribution in [-0.2, 0) is 13.6 Å². The molecule has 1 saturated heterocycles. The molecule has 1 aliphatic rings. The van der Waals surface area contributed by atoms with E-state index in [2.05, 4.69) is 37.4 Å². The predicted octanol–water partition coefficient (Wildman–Crippen LogP) is 1.90. The molecule has 0 aliphatic carbocycles. The smallest absolute Gasteiger partial charge is 0.129 e. The fraction of sp³-hybridized carbons (Fsp3) is 0.533. The van der Waals surface area contributed by atoms with E-state index < -0.39 is 0 Å². The van der Waals surface area contributed by atoms with Crippen molar-refractivity contribution >= 4 is 5.82 Å². The molecule has 0 aromatic carbocycles. The van der Waals surface area contributed by atoms with Crippen LogP contribution in [0.4, 0.5) is 5.82 Å². The molecule has 0 spiro atoms. The summed E-state index contributed by atoms with van der Waals surface area (Å²) in [6, 6.07) is 4.52. The van der Waals surface area contributed by atoms with Crippen LogP contribution in [0.5, 0.6) is 0 Å². The van der Waals surface area contributed by atoms with E-state index in [0.717, 1.165) is 36.8 Å². The summed E-state index contributed by atoms with van der Waals surface area (Å²) in [5.41, 5.74) is 2.35. The van der Waals surface area contributed by atoms with Gasteiger partial charge in [0.25, 0.3) is 0 Å². The van der Waals surface area contributed by atoms with Crippen LogP contribution >= 0.6 is 0 Å². The van der Waals surface area contributed by atoms with Crippen LogP contribution in [-0.4, -0.2) is 38.2 Å². The molecule has 3 rings (SSSR count). The van der Waals surface area contributed by atoms with Gasteiger partial charge in [0, 0.05) is 32.9 Å². The fourth-order valence-corrected chi connectivity index (χ4v) is 3.00. The Kier molecular flexibility index (Phi) is 3.88. The van der Waals surface area contributed by atoms with Gasteiger partial charge in [-0.25, -0.2) is 9.97 Å². The van der Waals surface area contributed by atoms with Gasteiger partial charge in [0.05, 0.1) is 17.4 Å². The van der Waals surface area contributed by atoms with Crippen molar-refractivity contribution in [2.75, 3.05) is 18.9 Å². The highest BCUT2D eigenvalue weighted by molar-refractivity contribution is 5.36. The van der Waals surface area contributed by atoms with Crippen molar-refractivity contribution in [3.8, 4) is 0 Å². The van der Waals surface area contributed by atoms with Gasteiger partial charge in [0.1, 0.15) is 11.6 Å². The summed E-state index contributed by atoms with van der Waals surface area (Å²) in [5.74, 6) is 1.72. The van der Waals surface area contributed by atoms with E-state index in [0.29, 0.717) is 6.04 Å². The van der Waals surface area contributed by atoms with Crippen molar-refractivity contribution in [1.82, 2.24) is 24.6 Å². The van der Waals surface area contributed by atoms with Gasteiger partial charge in [0.15, 0.2) is 0 Å². The molecule has 2 aromatic rings. The standard InChI is InChI=1S/C15H22N6/c1-11-18-13(9-15(16-2)19-11)14-5-4-8-21(14)10-12-6-7-17-20(12)3/h6-7,9,14H,4-5,8,10H2,1-3H3,(H,16,18,19). The first-order valence-corrected chi connectivity index (χ1v) is 7.41. The number of anilines is 1. The third-order valence-electron chi connectivity index (χ3n) is 4.11. The lowest BCUT2D eigenvalue weighted by atomic mass is 10.1. The van der Waals surface area contributed by atoms with Crippen LogP contribution in [0.15, 0.2) is 18.3 Å². The monoisotopic (exact) mass is 286 g/mol. The second-order valence-electron chi connectivity index (χ2n) is 5.55. The zero-order valence-electron chi connectivity index (χ0n) is 12.9. The molecule has 1 fully saturated rings. The van der Waals surface area contributed by atoms with Gasteiger partial charge in [-0.3, -0.25) is 9.58 Å². The lowest BCUT2D eigenvalue weighted by molar-refractivity contribution is 0.237. The highest BCUT2D eigenvalue weighted by Gasteiger charge is 2.28. The zero-order chi connectivity index (χ0) is 14.8. The Morgan fingerprint density at radius 3 is 2.95 bits per heavy atom. The molecule has 3 heterocycles. The van der Waals surface area contributed by atoms with Gasteiger partial charge in [-0.1, -0.05) is 0 Å². The van der Waals surface area contributed by atoms with Crippen molar-refractivity contribution in [3.63, 3.8) is 0 Å².